The molecule has 1 heterocycles. The number of fused-ring (bicyclic) bond motifs is 1. The van der Waals surface area contributed by atoms with Gasteiger partial charge in [-0.2, -0.15) is 0 Å². The van der Waals surface area contributed by atoms with E-state index in [0.717, 1.165) is 16.5 Å². The predicted molar refractivity (Wildman–Crippen MR) is 70.6 cm³/mol. The standard InChI is InChI=1S/C14H11N3O/c18-14-12-9-5-4-8-11(12)13(15-14)17-16-10-6-2-1-3-7-10/h1-9,15,18H. The van der Waals surface area contributed by atoms with E-state index in [-0.39, 0.29) is 5.88 Å². The molecule has 0 bridgehead atoms. The van der Waals surface area contributed by atoms with Gasteiger partial charge in [-0.05, 0) is 18.2 Å². The van der Waals surface area contributed by atoms with Gasteiger partial charge in [0.15, 0.2) is 11.7 Å². The highest BCUT2D eigenvalue weighted by molar-refractivity contribution is 5.95. The van der Waals surface area contributed by atoms with Crippen LogP contribution in [0.15, 0.2) is 64.8 Å². The summed E-state index contributed by atoms with van der Waals surface area (Å²) >= 11 is 0. The van der Waals surface area contributed by atoms with E-state index < -0.39 is 0 Å². The molecule has 0 unspecified atom stereocenters. The van der Waals surface area contributed by atoms with Crippen LogP contribution in [0, 0.1) is 0 Å². The minimum atomic E-state index is 0.118. The molecule has 3 rings (SSSR count). The quantitative estimate of drug-likeness (QED) is 0.642. The maximum atomic E-state index is 9.73. The van der Waals surface area contributed by atoms with Gasteiger partial charge in [-0.15, -0.1) is 10.2 Å². The van der Waals surface area contributed by atoms with E-state index in [9.17, 15) is 5.11 Å². The summed E-state index contributed by atoms with van der Waals surface area (Å²) in [5.74, 6) is 0.680. The first-order valence-electron chi connectivity index (χ1n) is 5.61. The summed E-state index contributed by atoms with van der Waals surface area (Å²) in [5.41, 5.74) is 0.774. The smallest absolute Gasteiger partial charge is 0.198 e. The SMILES string of the molecule is Oc1[nH]c(N=Nc2ccccc2)c2ccccc12. The van der Waals surface area contributed by atoms with Crippen LogP contribution in [0.2, 0.25) is 0 Å². The topological polar surface area (TPSA) is 60.7 Å². The van der Waals surface area contributed by atoms with E-state index in [2.05, 4.69) is 15.2 Å². The molecule has 88 valence electrons. The van der Waals surface area contributed by atoms with Crippen LogP contribution in [-0.4, -0.2) is 10.1 Å². The zero-order valence-electron chi connectivity index (χ0n) is 9.54. The molecule has 0 spiro atoms. The predicted octanol–water partition coefficient (Wildman–Crippen LogP) is 4.29. The van der Waals surface area contributed by atoms with Gasteiger partial charge in [0, 0.05) is 10.8 Å². The molecule has 0 atom stereocenters. The fourth-order valence-corrected chi connectivity index (χ4v) is 1.82. The highest BCUT2D eigenvalue weighted by Gasteiger charge is 2.07. The Balaban J connectivity index is 2.03. The number of H-pyrrole nitrogens is 1. The summed E-state index contributed by atoms with van der Waals surface area (Å²) in [6, 6.07) is 17.0. The van der Waals surface area contributed by atoms with Gasteiger partial charge in [0.2, 0.25) is 0 Å². The van der Waals surface area contributed by atoms with Crippen LogP contribution in [0.5, 0.6) is 5.88 Å². The van der Waals surface area contributed by atoms with Gasteiger partial charge in [0.05, 0.1) is 5.69 Å². The minimum absolute atomic E-state index is 0.118. The zero-order chi connectivity index (χ0) is 12.4. The molecule has 3 aromatic rings. The molecule has 0 amide bonds. The fourth-order valence-electron chi connectivity index (χ4n) is 1.82. The average Bonchev–Trinajstić information content (AvgIpc) is 2.75. The number of aromatic nitrogens is 1. The second kappa shape index (κ2) is 4.33. The van der Waals surface area contributed by atoms with E-state index in [0.29, 0.717) is 5.82 Å². The molecule has 0 saturated carbocycles. The number of azo groups is 1. The molecule has 0 aliphatic heterocycles. The molecule has 0 aliphatic rings. The summed E-state index contributed by atoms with van der Waals surface area (Å²) in [7, 11) is 0. The summed E-state index contributed by atoms with van der Waals surface area (Å²) in [6.07, 6.45) is 0. The summed E-state index contributed by atoms with van der Waals surface area (Å²) < 4.78 is 0. The molecule has 0 saturated heterocycles. The van der Waals surface area contributed by atoms with E-state index >= 15 is 0 Å². The number of aromatic amines is 1. The van der Waals surface area contributed by atoms with Crippen LogP contribution in [-0.2, 0) is 0 Å². The number of rotatable bonds is 2. The molecule has 2 aromatic carbocycles. The van der Waals surface area contributed by atoms with Crippen molar-refractivity contribution in [2.75, 3.05) is 0 Å². The van der Waals surface area contributed by atoms with Crippen LogP contribution in [0.25, 0.3) is 10.8 Å². The fraction of sp³-hybridized carbons (Fsp3) is 0. The van der Waals surface area contributed by atoms with Crippen molar-refractivity contribution in [1.82, 2.24) is 4.98 Å². The maximum Gasteiger partial charge on any atom is 0.198 e. The lowest BCUT2D eigenvalue weighted by Gasteiger charge is -1.91. The lowest BCUT2D eigenvalue weighted by atomic mass is 10.2. The first-order valence-corrected chi connectivity index (χ1v) is 5.61. The largest absolute Gasteiger partial charge is 0.494 e. The lowest BCUT2D eigenvalue weighted by molar-refractivity contribution is 0.463. The average molecular weight is 237 g/mol. The van der Waals surface area contributed by atoms with Crippen molar-refractivity contribution in [2.24, 2.45) is 10.2 Å². The van der Waals surface area contributed by atoms with Crippen molar-refractivity contribution in [1.29, 1.82) is 0 Å². The Hall–Kier alpha value is -2.62. The Kier molecular flexibility index (Phi) is 2.53. The Morgan fingerprint density at radius 2 is 1.44 bits per heavy atom. The summed E-state index contributed by atoms with van der Waals surface area (Å²) in [4.78, 5) is 2.82. The number of nitrogens with zero attached hydrogens (tertiary/aromatic N) is 2. The van der Waals surface area contributed by atoms with Gasteiger partial charge >= 0.3 is 0 Å². The molecule has 4 heteroatoms. The van der Waals surface area contributed by atoms with Crippen LogP contribution < -0.4 is 0 Å². The summed E-state index contributed by atoms with van der Waals surface area (Å²) in [5, 5.41) is 19.6. The van der Waals surface area contributed by atoms with E-state index in [4.69, 9.17) is 0 Å². The van der Waals surface area contributed by atoms with E-state index in [1.54, 1.807) is 0 Å². The Morgan fingerprint density at radius 3 is 2.22 bits per heavy atom. The van der Waals surface area contributed by atoms with Gasteiger partial charge in [0.25, 0.3) is 0 Å². The van der Waals surface area contributed by atoms with Crippen LogP contribution in [0.4, 0.5) is 11.5 Å². The number of aromatic hydroxyl groups is 1. The van der Waals surface area contributed by atoms with Crippen molar-refractivity contribution < 1.29 is 5.11 Å². The Labute approximate surface area is 104 Å². The van der Waals surface area contributed by atoms with Gasteiger partial charge in [-0.1, -0.05) is 36.4 Å². The van der Waals surface area contributed by atoms with Crippen LogP contribution in [0.3, 0.4) is 0 Å². The number of benzene rings is 2. The van der Waals surface area contributed by atoms with Gasteiger partial charge in [0.1, 0.15) is 0 Å². The van der Waals surface area contributed by atoms with Crippen molar-refractivity contribution >= 4 is 22.3 Å². The monoisotopic (exact) mass is 237 g/mol. The maximum absolute atomic E-state index is 9.73. The van der Waals surface area contributed by atoms with E-state index in [1.165, 1.54) is 0 Å². The second-order valence-corrected chi connectivity index (χ2v) is 3.90. The first kappa shape index (κ1) is 10.5. The minimum Gasteiger partial charge on any atom is -0.494 e. The second-order valence-electron chi connectivity index (χ2n) is 3.90. The van der Waals surface area contributed by atoms with Gasteiger partial charge in [-0.25, -0.2) is 0 Å². The van der Waals surface area contributed by atoms with Crippen molar-refractivity contribution in [3.8, 4) is 5.88 Å². The molecular formula is C14H11N3O. The molecule has 2 N–H and O–H groups in total. The first-order chi connectivity index (χ1) is 8.84. The third kappa shape index (κ3) is 1.84. The molecule has 1 aromatic heterocycles. The van der Waals surface area contributed by atoms with Crippen molar-refractivity contribution in [3.63, 3.8) is 0 Å². The highest BCUT2D eigenvalue weighted by atomic mass is 16.3. The third-order valence-corrected chi connectivity index (χ3v) is 2.70. The Bertz CT molecular complexity index is 701. The molecule has 0 fully saturated rings. The van der Waals surface area contributed by atoms with Gasteiger partial charge < -0.3 is 10.1 Å². The van der Waals surface area contributed by atoms with Crippen LogP contribution in [0.1, 0.15) is 0 Å². The normalized spacial score (nSPS) is 11.3. The number of hydrogen-bond acceptors (Lipinski definition) is 3. The summed E-state index contributed by atoms with van der Waals surface area (Å²) in [6.45, 7) is 0. The number of hydrogen-bond donors (Lipinski definition) is 2. The van der Waals surface area contributed by atoms with Gasteiger partial charge in [-0.3, -0.25) is 0 Å². The molecular weight excluding hydrogens is 226 g/mol. The van der Waals surface area contributed by atoms with Crippen molar-refractivity contribution in [3.05, 3.63) is 54.6 Å². The van der Waals surface area contributed by atoms with E-state index in [1.807, 2.05) is 54.6 Å². The molecule has 0 radical (unpaired) electrons. The lowest BCUT2D eigenvalue weighted by Crippen LogP contribution is -1.64. The molecule has 4 nitrogen and oxygen atoms in total. The Morgan fingerprint density at radius 1 is 0.778 bits per heavy atom. The highest BCUT2D eigenvalue weighted by Crippen LogP contribution is 2.33. The van der Waals surface area contributed by atoms with Crippen LogP contribution >= 0.6 is 0 Å². The number of nitrogens with one attached hydrogen (secondary N) is 1. The third-order valence-electron chi connectivity index (χ3n) is 2.70. The molecule has 18 heavy (non-hydrogen) atoms. The van der Waals surface area contributed by atoms with Crippen molar-refractivity contribution in [2.45, 2.75) is 0 Å². The zero-order valence-corrected chi connectivity index (χ0v) is 9.54. The molecule has 0 aliphatic carbocycles.